The van der Waals surface area contributed by atoms with Crippen LogP contribution in [0.5, 0.6) is 5.75 Å². The predicted octanol–water partition coefficient (Wildman–Crippen LogP) is 5.27. The van der Waals surface area contributed by atoms with Crippen molar-refractivity contribution in [3.63, 3.8) is 0 Å². The van der Waals surface area contributed by atoms with Crippen molar-refractivity contribution in [2.75, 3.05) is 33.4 Å². The standard InChI is InChI=1S/C25H27ClFN3O2S/c1-32-18-4-5-23-20(13-18)24(21(26)15-29-23)22(27)6-7-25(16-31)8-11-30(12-9-25)10-2-3-19-14-28-17-33-19/h4-5,13-15,17,22,31H,6-12,16H2,1H3/t22-/m0/s1. The molecule has 0 unspecified atom stereocenters. The van der Waals surface area contributed by atoms with Crippen molar-refractivity contribution in [2.24, 2.45) is 5.41 Å². The molecule has 1 aliphatic rings. The maximum Gasteiger partial charge on any atom is 0.127 e. The fourth-order valence-corrected chi connectivity index (χ4v) is 5.14. The van der Waals surface area contributed by atoms with Gasteiger partial charge in [0.25, 0.3) is 0 Å². The summed E-state index contributed by atoms with van der Waals surface area (Å²) in [6, 6.07) is 5.39. The van der Waals surface area contributed by atoms with Gasteiger partial charge in [0.1, 0.15) is 11.9 Å². The minimum atomic E-state index is -1.25. The van der Waals surface area contributed by atoms with E-state index in [1.54, 1.807) is 30.9 Å². The number of nitrogens with zero attached hydrogens (tertiary/aromatic N) is 3. The normalized spacial score (nSPS) is 16.8. The number of methoxy groups -OCH3 is 1. The monoisotopic (exact) mass is 487 g/mol. The summed E-state index contributed by atoms with van der Waals surface area (Å²) in [6.07, 6.45) is 4.55. The summed E-state index contributed by atoms with van der Waals surface area (Å²) in [7, 11) is 1.58. The topological polar surface area (TPSA) is 58.5 Å². The highest BCUT2D eigenvalue weighted by molar-refractivity contribution is 7.10. The predicted molar refractivity (Wildman–Crippen MR) is 131 cm³/mol. The third-order valence-electron chi connectivity index (χ3n) is 6.51. The molecule has 0 radical (unpaired) electrons. The van der Waals surface area contributed by atoms with Gasteiger partial charge in [-0.2, -0.15) is 0 Å². The molecule has 1 aliphatic heterocycles. The van der Waals surface area contributed by atoms with Crippen LogP contribution in [0.2, 0.25) is 5.02 Å². The van der Waals surface area contributed by atoms with Crippen molar-refractivity contribution in [2.45, 2.75) is 31.9 Å². The third kappa shape index (κ3) is 5.64. The van der Waals surface area contributed by atoms with Crippen LogP contribution in [0.3, 0.4) is 0 Å². The van der Waals surface area contributed by atoms with E-state index >= 15 is 4.39 Å². The van der Waals surface area contributed by atoms with Gasteiger partial charge in [-0.1, -0.05) is 23.4 Å². The van der Waals surface area contributed by atoms with Crippen molar-refractivity contribution >= 4 is 33.8 Å². The lowest BCUT2D eigenvalue weighted by molar-refractivity contribution is 0.0344. The zero-order chi connectivity index (χ0) is 23.3. The van der Waals surface area contributed by atoms with Gasteiger partial charge in [0, 0.05) is 23.8 Å². The lowest BCUT2D eigenvalue weighted by Crippen LogP contribution is -2.42. The molecule has 0 amide bonds. The zero-order valence-corrected chi connectivity index (χ0v) is 20.1. The van der Waals surface area contributed by atoms with E-state index in [0.29, 0.717) is 46.6 Å². The van der Waals surface area contributed by atoms with Crippen molar-refractivity contribution in [3.05, 3.63) is 51.6 Å². The SMILES string of the molecule is COc1ccc2ncc(Cl)c([C@@H](F)CCC3(CO)CCN(CC#Cc4cncs4)CC3)c2c1. The number of aromatic nitrogens is 2. The van der Waals surface area contributed by atoms with Gasteiger partial charge in [-0.15, -0.1) is 11.3 Å². The second kappa shape index (κ2) is 10.8. The molecule has 1 aromatic carbocycles. The number of hydrogen-bond acceptors (Lipinski definition) is 6. The molecule has 4 rings (SSSR count). The number of hydrogen-bond donors (Lipinski definition) is 1. The summed E-state index contributed by atoms with van der Waals surface area (Å²) >= 11 is 7.90. The van der Waals surface area contributed by atoms with Crippen LogP contribution < -0.4 is 4.74 Å². The van der Waals surface area contributed by atoms with E-state index in [2.05, 4.69) is 26.7 Å². The summed E-state index contributed by atoms with van der Waals surface area (Å²) < 4.78 is 20.8. The number of ether oxygens (including phenoxy) is 1. The number of benzene rings is 1. The fourth-order valence-electron chi connectivity index (χ4n) is 4.38. The Balaban J connectivity index is 1.39. The van der Waals surface area contributed by atoms with Crippen LogP contribution in [0.4, 0.5) is 4.39 Å². The van der Waals surface area contributed by atoms with E-state index in [-0.39, 0.29) is 12.0 Å². The number of aliphatic hydroxyl groups excluding tert-OH is 1. The van der Waals surface area contributed by atoms with Crippen LogP contribution in [0.1, 0.15) is 42.3 Å². The van der Waals surface area contributed by atoms with Gasteiger partial charge in [0.2, 0.25) is 0 Å². The van der Waals surface area contributed by atoms with Crippen molar-refractivity contribution < 1.29 is 14.2 Å². The van der Waals surface area contributed by atoms with Crippen LogP contribution in [0, 0.1) is 17.3 Å². The number of halogens is 2. The quantitative estimate of drug-likeness (QED) is 0.460. The Labute approximate surface area is 202 Å². The van der Waals surface area contributed by atoms with E-state index in [1.165, 1.54) is 17.5 Å². The molecule has 0 bridgehead atoms. The lowest BCUT2D eigenvalue weighted by Gasteiger charge is -2.40. The van der Waals surface area contributed by atoms with Gasteiger partial charge in [0.15, 0.2) is 0 Å². The summed E-state index contributed by atoms with van der Waals surface area (Å²) in [4.78, 5) is 11.6. The van der Waals surface area contributed by atoms with Crippen LogP contribution >= 0.6 is 22.9 Å². The molecular weight excluding hydrogens is 461 g/mol. The molecule has 174 valence electrons. The highest BCUT2D eigenvalue weighted by Gasteiger charge is 2.35. The average Bonchev–Trinajstić information content (AvgIpc) is 3.36. The molecule has 1 saturated heterocycles. The third-order valence-corrected chi connectivity index (χ3v) is 7.50. The number of likely N-dealkylation sites (tertiary alicyclic amines) is 1. The Hall–Kier alpha value is -2.24. The van der Waals surface area contributed by atoms with Gasteiger partial charge in [-0.25, -0.2) is 4.39 Å². The molecule has 33 heavy (non-hydrogen) atoms. The minimum Gasteiger partial charge on any atom is -0.497 e. The molecule has 1 N–H and O–H groups in total. The van der Waals surface area contributed by atoms with Crippen molar-refractivity contribution in [1.82, 2.24) is 14.9 Å². The number of aliphatic hydroxyl groups is 1. The molecule has 8 heteroatoms. The lowest BCUT2D eigenvalue weighted by atomic mass is 9.74. The second-order valence-corrected chi connectivity index (χ2v) is 9.80. The van der Waals surface area contributed by atoms with Crippen LogP contribution in [-0.4, -0.2) is 53.3 Å². The summed E-state index contributed by atoms with van der Waals surface area (Å²) in [5.74, 6) is 6.97. The minimum absolute atomic E-state index is 0.0543. The number of fused-ring (bicyclic) bond motifs is 1. The van der Waals surface area contributed by atoms with Crippen LogP contribution in [0.25, 0.3) is 10.9 Å². The Kier molecular flexibility index (Phi) is 7.82. The molecule has 1 atom stereocenters. The summed E-state index contributed by atoms with van der Waals surface area (Å²) in [5.41, 5.74) is 2.63. The van der Waals surface area contributed by atoms with Gasteiger partial charge in [-0.3, -0.25) is 14.9 Å². The van der Waals surface area contributed by atoms with E-state index < -0.39 is 6.17 Å². The molecule has 3 aromatic rings. The first-order valence-corrected chi connectivity index (χ1v) is 12.3. The highest BCUT2D eigenvalue weighted by atomic mass is 35.5. The smallest absolute Gasteiger partial charge is 0.127 e. The Bertz CT molecular complexity index is 1140. The maximum absolute atomic E-state index is 15.5. The number of rotatable bonds is 7. The molecule has 5 nitrogen and oxygen atoms in total. The van der Waals surface area contributed by atoms with Gasteiger partial charge in [-0.05, 0) is 62.4 Å². The first-order chi connectivity index (χ1) is 16.0. The van der Waals surface area contributed by atoms with Crippen molar-refractivity contribution in [3.8, 4) is 17.6 Å². The van der Waals surface area contributed by atoms with Crippen LogP contribution in [-0.2, 0) is 0 Å². The van der Waals surface area contributed by atoms with E-state index in [1.807, 2.05) is 6.07 Å². The molecule has 0 aliphatic carbocycles. The van der Waals surface area contributed by atoms with E-state index in [4.69, 9.17) is 16.3 Å². The van der Waals surface area contributed by atoms with E-state index in [9.17, 15) is 5.11 Å². The molecule has 3 heterocycles. The maximum atomic E-state index is 15.5. The van der Waals surface area contributed by atoms with Gasteiger partial charge >= 0.3 is 0 Å². The molecule has 2 aromatic heterocycles. The zero-order valence-electron chi connectivity index (χ0n) is 18.6. The van der Waals surface area contributed by atoms with Gasteiger partial charge in [0.05, 0.1) is 40.8 Å². The summed E-state index contributed by atoms with van der Waals surface area (Å²) in [5, 5.41) is 11.2. The Morgan fingerprint density at radius 1 is 1.33 bits per heavy atom. The van der Waals surface area contributed by atoms with Crippen LogP contribution in [0.15, 0.2) is 36.1 Å². The van der Waals surface area contributed by atoms with Crippen molar-refractivity contribution in [1.29, 1.82) is 0 Å². The fraction of sp³-hybridized carbons (Fsp3) is 0.440. The first-order valence-electron chi connectivity index (χ1n) is 11.0. The number of alkyl halides is 1. The number of thiazole rings is 1. The largest absolute Gasteiger partial charge is 0.497 e. The number of piperidine rings is 1. The average molecular weight is 488 g/mol. The van der Waals surface area contributed by atoms with E-state index in [0.717, 1.165) is 30.8 Å². The molecule has 0 saturated carbocycles. The highest BCUT2D eigenvalue weighted by Crippen LogP contribution is 2.41. The molecule has 1 fully saturated rings. The molecule has 0 spiro atoms. The second-order valence-electron chi connectivity index (χ2n) is 8.51. The first kappa shape index (κ1) is 23.9. The Morgan fingerprint density at radius 3 is 2.85 bits per heavy atom. The van der Waals surface area contributed by atoms with Gasteiger partial charge < -0.3 is 9.84 Å². The Morgan fingerprint density at radius 2 is 2.15 bits per heavy atom. The summed E-state index contributed by atoms with van der Waals surface area (Å²) in [6.45, 7) is 2.42. The number of pyridine rings is 1. The molecular formula is C25H27ClFN3O2S.